The number of Topliss-reactive ketones (excluding diaryl/α,β-unsaturated/α-hetero) is 2. The van der Waals surface area contributed by atoms with E-state index in [1.54, 1.807) is 12.1 Å². The third-order valence-corrected chi connectivity index (χ3v) is 7.67. The van der Waals surface area contributed by atoms with E-state index in [0.29, 0.717) is 50.1 Å². The molecule has 0 aromatic heterocycles. The zero-order chi connectivity index (χ0) is 28.6. The Morgan fingerprint density at radius 1 is 0.875 bits per heavy atom. The minimum absolute atomic E-state index is 0.0146. The van der Waals surface area contributed by atoms with E-state index >= 15 is 0 Å². The zero-order valence-corrected chi connectivity index (χ0v) is 23.9. The van der Waals surface area contributed by atoms with Crippen molar-refractivity contribution in [3.8, 4) is 0 Å². The van der Waals surface area contributed by atoms with Gasteiger partial charge in [0.15, 0.2) is 5.78 Å². The standard InChI is InChI=1S/C33H45N3O4/c1-2-29(37)17-10-5-11-18-30(35-32(39)20-12-19-31(38)27-15-8-4-9-16-27)33(40)34-22-24-36-23-21-28(25-36)26-13-6-3-7-14-26/h3-4,6-9,13-16,28,30H,2,5,10-12,17-25H2,1H3,(H,34,40)(H,35,39)/t28?,30-/m0/s1. The summed E-state index contributed by atoms with van der Waals surface area (Å²) in [5.41, 5.74) is 2.01. The summed E-state index contributed by atoms with van der Waals surface area (Å²) >= 11 is 0. The van der Waals surface area contributed by atoms with Gasteiger partial charge in [0, 0.05) is 50.9 Å². The van der Waals surface area contributed by atoms with Gasteiger partial charge in [0.1, 0.15) is 11.8 Å². The van der Waals surface area contributed by atoms with Gasteiger partial charge in [0.2, 0.25) is 11.8 Å². The quantitative estimate of drug-likeness (QED) is 0.201. The highest BCUT2D eigenvalue weighted by atomic mass is 16.2. The molecule has 1 aliphatic rings. The number of nitrogens with zero attached hydrogens (tertiary/aromatic N) is 1. The Bertz CT molecular complexity index is 1070. The topological polar surface area (TPSA) is 95.6 Å². The predicted molar refractivity (Wildman–Crippen MR) is 158 cm³/mol. The van der Waals surface area contributed by atoms with E-state index in [1.807, 2.05) is 31.2 Å². The minimum atomic E-state index is -0.616. The van der Waals surface area contributed by atoms with E-state index in [0.717, 1.165) is 45.3 Å². The molecule has 0 saturated carbocycles. The molecule has 0 aliphatic carbocycles. The Morgan fingerprint density at radius 2 is 1.60 bits per heavy atom. The molecule has 2 amide bonds. The predicted octanol–water partition coefficient (Wildman–Crippen LogP) is 5.06. The van der Waals surface area contributed by atoms with Crippen molar-refractivity contribution in [1.29, 1.82) is 0 Å². The summed E-state index contributed by atoms with van der Waals surface area (Å²) in [5.74, 6) is 0.409. The molecule has 2 atom stereocenters. The van der Waals surface area contributed by atoms with Gasteiger partial charge in [0.05, 0.1) is 0 Å². The SMILES string of the molecule is CCC(=O)CCCCC[C@H](NC(=O)CCCC(=O)c1ccccc1)C(=O)NCCN1CCC(c2ccccc2)C1. The number of benzene rings is 2. The summed E-state index contributed by atoms with van der Waals surface area (Å²) in [4.78, 5) is 52.1. The van der Waals surface area contributed by atoms with Gasteiger partial charge in [-0.25, -0.2) is 0 Å². The van der Waals surface area contributed by atoms with Gasteiger partial charge in [-0.05, 0) is 43.7 Å². The highest BCUT2D eigenvalue weighted by Gasteiger charge is 2.24. The second-order valence-electron chi connectivity index (χ2n) is 10.7. The first kappa shape index (κ1) is 31.2. The lowest BCUT2D eigenvalue weighted by molar-refractivity contribution is -0.129. The third kappa shape index (κ3) is 11.0. The molecular weight excluding hydrogens is 502 g/mol. The van der Waals surface area contributed by atoms with E-state index in [4.69, 9.17) is 0 Å². The smallest absolute Gasteiger partial charge is 0.242 e. The van der Waals surface area contributed by atoms with Crippen LogP contribution in [0.15, 0.2) is 60.7 Å². The highest BCUT2D eigenvalue weighted by molar-refractivity contribution is 5.96. The van der Waals surface area contributed by atoms with E-state index < -0.39 is 6.04 Å². The molecule has 1 saturated heterocycles. The molecule has 1 fully saturated rings. The van der Waals surface area contributed by atoms with Crippen LogP contribution < -0.4 is 10.6 Å². The van der Waals surface area contributed by atoms with Crippen LogP contribution in [0, 0.1) is 0 Å². The normalized spacial score (nSPS) is 15.9. The van der Waals surface area contributed by atoms with Crippen LogP contribution in [0.3, 0.4) is 0 Å². The van der Waals surface area contributed by atoms with E-state index in [2.05, 4.69) is 39.8 Å². The molecule has 7 heteroatoms. The molecule has 2 N–H and O–H groups in total. The van der Waals surface area contributed by atoms with Crippen LogP contribution in [0.1, 0.15) is 93.0 Å². The number of amides is 2. The van der Waals surface area contributed by atoms with Gasteiger partial charge < -0.3 is 15.5 Å². The second-order valence-corrected chi connectivity index (χ2v) is 10.7. The number of unbranched alkanes of at least 4 members (excludes halogenated alkanes) is 2. The van der Waals surface area contributed by atoms with Crippen molar-refractivity contribution >= 4 is 23.4 Å². The van der Waals surface area contributed by atoms with Crippen LogP contribution in [0.5, 0.6) is 0 Å². The van der Waals surface area contributed by atoms with Crippen molar-refractivity contribution in [3.63, 3.8) is 0 Å². The molecule has 7 nitrogen and oxygen atoms in total. The van der Waals surface area contributed by atoms with Gasteiger partial charge >= 0.3 is 0 Å². The van der Waals surface area contributed by atoms with E-state index in [-0.39, 0.29) is 29.8 Å². The average molecular weight is 548 g/mol. The molecule has 2 aromatic rings. The summed E-state index contributed by atoms with van der Waals surface area (Å²) in [7, 11) is 0. The molecule has 0 spiro atoms. The van der Waals surface area contributed by atoms with Crippen molar-refractivity contribution in [3.05, 3.63) is 71.8 Å². The number of carbonyl (C=O) groups is 4. The van der Waals surface area contributed by atoms with Gasteiger partial charge in [-0.1, -0.05) is 80.4 Å². The minimum Gasteiger partial charge on any atom is -0.353 e. The lowest BCUT2D eigenvalue weighted by Gasteiger charge is -2.20. The summed E-state index contributed by atoms with van der Waals surface area (Å²) < 4.78 is 0. The summed E-state index contributed by atoms with van der Waals surface area (Å²) in [6, 6.07) is 19.0. The van der Waals surface area contributed by atoms with Gasteiger partial charge in [-0.15, -0.1) is 0 Å². The zero-order valence-electron chi connectivity index (χ0n) is 23.9. The van der Waals surface area contributed by atoms with Crippen molar-refractivity contribution in [2.75, 3.05) is 26.2 Å². The monoisotopic (exact) mass is 547 g/mol. The fourth-order valence-electron chi connectivity index (χ4n) is 5.23. The number of likely N-dealkylation sites (tertiary alicyclic amines) is 1. The maximum atomic E-state index is 13.1. The Kier molecular flexibility index (Phi) is 13.6. The molecular formula is C33H45N3O4. The fourth-order valence-corrected chi connectivity index (χ4v) is 5.23. The largest absolute Gasteiger partial charge is 0.353 e. The van der Waals surface area contributed by atoms with Crippen molar-refractivity contribution in [2.45, 2.75) is 83.1 Å². The second kappa shape index (κ2) is 17.4. The molecule has 0 radical (unpaired) electrons. The summed E-state index contributed by atoms with van der Waals surface area (Å²) in [6.45, 7) is 5.17. The number of nitrogens with one attached hydrogen (secondary N) is 2. The summed E-state index contributed by atoms with van der Waals surface area (Å²) in [6.07, 6.45) is 6.08. The van der Waals surface area contributed by atoms with Gasteiger partial charge in [-0.3, -0.25) is 19.2 Å². The molecule has 1 aliphatic heterocycles. The summed E-state index contributed by atoms with van der Waals surface area (Å²) in [5, 5.41) is 5.94. The van der Waals surface area contributed by atoms with Crippen LogP contribution in [0.2, 0.25) is 0 Å². The fraction of sp³-hybridized carbons (Fsp3) is 0.515. The first-order valence-electron chi connectivity index (χ1n) is 14.9. The number of hydrogen-bond acceptors (Lipinski definition) is 5. The maximum absolute atomic E-state index is 13.1. The number of rotatable bonds is 18. The Hall–Kier alpha value is -3.32. The highest BCUT2D eigenvalue weighted by Crippen LogP contribution is 2.26. The van der Waals surface area contributed by atoms with Crippen LogP contribution >= 0.6 is 0 Å². The van der Waals surface area contributed by atoms with Crippen LogP contribution in [0.25, 0.3) is 0 Å². The maximum Gasteiger partial charge on any atom is 0.242 e. The molecule has 3 rings (SSSR count). The van der Waals surface area contributed by atoms with Gasteiger partial charge in [0.25, 0.3) is 0 Å². The molecule has 40 heavy (non-hydrogen) atoms. The first-order chi connectivity index (χ1) is 19.5. The average Bonchev–Trinajstić information content (AvgIpc) is 3.46. The molecule has 0 bridgehead atoms. The third-order valence-electron chi connectivity index (χ3n) is 7.67. The number of carbonyl (C=O) groups excluding carboxylic acids is 4. The number of hydrogen-bond donors (Lipinski definition) is 2. The van der Waals surface area contributed by atoms with Crippen molar-refractivity contribution < 1.29 is 19.2 Å². The van der Waals surface area contributed by atoms with E-state index in [1.165, 1.54) is 5.56 Å². The molecule has 1 heterocycles. The molecule has 2 aromatic carbocycles. The van der Waals surface area contributed by atoms with Crippen LogP contribution in [0.4, 0.5) is 0 Å². The lowest BCUT2D eigenvalue weighted by Crippen LogP contribution is -2.48. The molecule has 1 unspecified atom stereocenters. The van der Waals surface area contributed by atoms with Crippen LogP contribution in [-0.2, 0) is 14.4 Å². The first-order valence-corrected chi connectivity index (χ1v) is 14.9. The van der Waals surface area contributed by atoms with Gasteiger partial charge in [-0.2, -0.15) is 0 Å². The number of ketones is 2. The Labute approximate surface area is 239 Å². The Balaban J connectivity index is 1.42. The van der Waals surface area contributed by atoms with E-state index in [9.17, 15) is 19.2 Å². The van der Waals surface area contributed by atoms with Crippen LogP contribution in [-0.4, -0.2) is 60.5 Å². The molecule has 216 valence electrons. The van der Waals surface area contributed by atoms with Crippen molar-refractivity contribution in [2.24, 2.45) is 0 Å². The van der Waals surface area contributed by atoms with Crippen molar-refractivity contribution in [1.82, 2.24) is 15.5 Å². The Morgan fingerprint density at radius 3 is 2.33 bits per heavy atom. The lowest BCUT2D eigenvalue weighted by atomic mass is 9.99.